The third-order valence-electron chi connectivity index (χ3n) is 7.68. The van der Waals surface area contributed by atoms with E-state index < -0.39 is 0 Å². The van der Waals surface area contributed by atoms with Gasteiger partial charge in [0.05, 0.1) is 11.7 Å². The van der Waals surface area contributed by atoms with Crippen LogP contribution in [0.4, 0.5) is 0 Å². The molecule has 2 aliphatic rings. The van der Waals surface area contributed by atoms with Crippen molar-refractivity contribution in [1.82, 2.24) is 0 Å². The highest BCUT2D eigenvalue weighted by molar-refractivity contribution is 5.99. The first-order valence-electron chi connectivity index (χ1n) is 10.5. The number of hydrogen-bond acceptors (Lipinski definition) is 1. The van der Waals surface area contributed by atoms with Gasteiger partial charge in [-0.2, -0.15) is 0 Å². The Balaban J connectivity index is 1.53. The summed E-state index contributed by atoms with van der Waals surface area (Å²) in [5.74, 6) is 3.25. The molecular formula is C26H30O. The smallest absolute Gasteiger partial charge is 0.0885 e. The second kappa shape index (κ2) is 6.07. The highest BCUT2D eigenvalue weighted by Gasteiger charge is 2.50. The molecule has 2 saturated carbocycles. The van der Waals surface area contributed by atoms with E-state index in [2.05, 4.69) is 82.3 Å². The number of ether oxygens (including phenoxy) is 1. The molecule has 0 N–H and O–H groups in total. The summed E-state index contributed by atoms with van der Waals surface area (Å²) in [6.45, 7) is 9.39. The first kappa shape index (κ1) is 17.3. The minimum atomic E-state index is -0.278. The molecular weight excluding hydrogens is 328 g/mol. The van der Waals surface area contributed by atoms with Gasteiger partial charge in [0.1, 0.15) is 0 Å². The van der Waals surface area contributed by atoms with Crippen LogP contribution >= 0.6 is 0 Å². The minimum Gasteiger partial charge on any atom is -0.367 e. The van der Waals surface area contributed by atoms with Gasteiger partial charge in [-0.3, -0.25) is 0 Å². The summed E-state index contributed by atoms with van der Waals surface area (Å²) in [7, 11) is 0. The molecule has 0 saturated heterocycles. The number of benzene rings is 3. The van der Waals surface area contributed by atoms with Gasteiger partial charge in [-0.15, -0.1) is 0 Å². The van der Waals surface area contributed by atoms with E-state index in [1.807, 2.05) is 0 Å². The quantitative estimate of drug-likeness (QED) is 0.461. The molecule has 0 aliphatic heterocycles. The van der Waals surface area contributed by atoms with E-state index in [0.717, 1.165) is 23.7 Å². The van der Waals surface area contributed by atoms with Gasteiger partial charge in [0.15, 0.2) is 0 Å². The molecule has 2 aliphatic carbocycles. The lowest BCUT2D eigenvalue weighted by molar-refractivity contribution is -0.109. The van der Waals surface area contributed by atoms with Crippen LogP contribution < -0.4 is 0 Å². The van der Waals surface area contributed by atoms with Crippen molar-refractivity contribution in [3.05, 3.63) is 60.2 Å². The molecule has 1 heteroatoms. The summed E-state index contributed by atoms with van der Waals surface area (Å²) >= 11 is 0. The molecule has 0 amide bonds. The van der Waals surface area contributed by atoms with Crippen LogP contribution in [0.25, 0.3) is 21.5 Å². The van der Waals surface area contributed by atoms with Gasteiger partial charge in [-0.25, -0.2) is 0 Å². The molecule has 3 aromatic carbocycles. The van der Waals surface area contributed by atoms with Gasteiger partial charge < -0.3 is 4.74 Å². The lowest BCUT2D eigenvalue weighted by Crippen LogP contribution is -2.36. The van der Waals surface area contributed by atoms with Crippen molar-refractivity contribution in [2.24, 2.45) is 23.7 Å². The molecule has 3 aromatic rings. The van der Waals surface area contributed by atoms with Gasteiger partial charge in [-0.05, 0) is 89.6 Å². The van der Waals surface area contributed by atoms with Gasteiger partial charge in [0.2, 0.25) is 0 Å². The van der Waals surface area contributed by atoms with Crippen LogP contribution in [0.5, 0.6) is 0 Å². The zero-order valence-electron chi connectivity index (χ0n) is 16.9. The fourth-order valence-electron chi connectivity index (χ4n) is 5.94. The Kier molecular flexibility index (Phi) is 3.88. The molecule has 0 spiro atoms. The van der Waals surface area contributed by atoms with Crippen LogP contribution in [-0.4, -0.2) is 6.10 Å². The van der Waals surface area contributed by atoms with Crippen LogP contribution in [0.1, 0.15) is 46.1 Å². The van der Waals surface area contributed by atoms with Crippen LogP contribution in [0.15, 0.2) is 54.6 Å². The van der Waals surface area contributed by atoms with Crippen LogP contribution in [0, 0.1) is 23.7 Å². The van der Waals surface area contributed by atoms with E-state index in [1.165, 1.54) is 39.9 Å². The number of hydrogen-bond donors (Lipinski definition) is 0. The Morgan fingerprint density at radius 3 is 2.22 bits per heavy atom. The van der Waals surface area contributed by atoms with Crippen molar-refractivity contribution in [1.29, 1.82) is 0 Å². The van der Waals surface area contributed by atoms with Crippen molar-refractivity contribution in [3.63, 3.8) is 0 Å². The highest BCUT2D eigenvalue weighted by atomic mass is 16.5. The van der Waals surface area contributed by atoms with Gasteiger partial charge in [-0.1, -0.05) is 56.3 Å². The molecule has 1 nitrogen and oxygen atoms in total. The minimum absolute atomic E-state index is 0.278. The molecule has 140 valence electrons. The van der Waals surface area contributed by atoms with E-state index in [-0.39, 0.29) is 5.60 Å². The highest BCUT2D eigenvalue weighted by Crippen LogP contribution is 2.54. The largest absolute Gasteiger partial charge is 0.367 e. The molecule has 5 unspecified atom stereocenters. The molecule has 0 heterocycles. The van der Waals surface area contributed by atoms with Gasteiger partial charge in [0.25, 0.3) is 0 Å². The van der Waals surface area contributed by atoms with Crippen molar-refractivity contribution in [2.75, 3.05) is 0 Å². The van der Waals surface area contributed by atoms with E-state index in [1.54, 1.807) is 0 Å². The lowest BCUT2D eigenvalue weighted by Gasteiger charge is -2.38. The third-order valence-corrected chi connectivity index (χ3v) is 7.68. The van der Waals surface area contributed by atoms with Crippen molar-refractivity contribution < 1.29 is 4.74 Å². The molecule has 5 atom stereocenters. The summed E-state index contributed by atoms with van der Waals surface area (Å²) in [5.41, 5.74) is 1.04. The molecule has 5 rings (SSSR count). The van der Waals surface area contributed by atoms with Crippen LogP contribution in [-0.2, 0) is 10.3 Å². The lowest BCUT2D eigenvalue weighted by atomic mass is 9.80. The topological polar surface area (TPSA) is 9.23 Å². The SMILES string of the molecule is CC1C2CC(OC(C)(C)c3cccc4cc5ccccc5cc34)C(C2)C1C. The maximum Gasteiger partial charge on any atom is 0.0885 e. The van der Waals surface area contributed by atoms with Crippen LogP contribution in [0.3, 0.4) is 0 Å². The average Bonchev–Trinajstić information content (AvgIpc) is 3.18. The Hall–Kier alpha value is -1.86. The summed E-state index contributed by atoms with van der Waals surface area (Å²) in [6, 6.07) is 20.0. The van der Waals surface area contributed by atoms with Crippen LogP contribution in [0.2, 0.25) is 0 Å². The first-order chi connectivity index (χ1) is 12.9. The van der Waals surface area contributed by atoms with Crippen molar-refractivity contribution >= 4 is 21.5 Å². The fraction of sp³-hybridized carbons (Fsp3) is 0.462. The average molecular weight is 359 g/mol. The number of rotatable bonds is 3. The van der Waals surface area contributed by atoms with E-state index in [0.29, 0.717) is 6.10 Å². The summed E-state index contributed by atoms with van der Waals surface area (Å²) in [5, 5.41) is 5.23. The predicted molar refractivity (Wildman–Crippen MR) is 114 cm³/mol. The summed E-state index contributed by atoms with van der Waals surface area (Å²) in [4.78, 5) is 0. The predicted octanol–water partition coefficient (Wildman–Crippen LogP) is 6.93. The second-order valence-electron chi connectivity index (χ2n) is 9.51. The molecule has 27 heavy (non-hydrogen) atoms. The van der Waals surface area contributed by atoms with Crippen molar-refractivity contribution in [2.45, 2.75) is 52.2 Å². The Labute approximate surface area is 162 Å². The van der Waals surface area contributed by atoms with E-state index in [4.69, 9.17) is 4.74 Å². The van der Waals surface area contributed by atoms with Crippen molar-refractivity contribution in [3.8, 4) is 0 Å². The summed E-state index contributed by atoms with van der Waals surface area (Å²) in [6.07, 6.45) is 3.02. The maximum absolute atomic E-state index is 6.86. The third kappa shape index (κ3) is 2.70. The maximum atomic E-state index is 6.86. The molecule has 0 aromatic heterocycles. The normalized spacial score (nSPS) is 30.4. The Bertz CT molecular complexity index is 999. The monoisotopic (exact) mass is 358 g/mol. The molecule has 0 radical (unpaired) electrons. The zero-order chi connectivity index (χ0) is 18.8. The molecule has 2 fully saturated rings. The van der Waals surface area contributed by atoms with Gasteiger partial charge >= 0.3 is 0 Å². The van der Waals surface area contributed by atoms with E-state index in [9.17, 15) is 0 Å². The standard InChI is InChI=1S/C26H30O/c1-16-17(2)22-14-21(16)15-25(22)27-26(3,4)24-11-7-10-20-12-18-8-5-6-9-19(18)13-23(20)24/h5-13,16-17,21-22,25H,14-15H2,1-4H3. The molecule has 2 bridgehead atoms. The number of fused-ring (bicyclic) bond motifs is 4. The Morgan fingerprint density at radius 1 is 0.815 bits per heavy atom. The Morgan fingerprint density at radius 2 is 1.52 bits per heavy atom. The fourth-order valence-corrected chi connectivity index (χ4v) is 5.94. The zero-order valence-corrected chi connectivity index (χ0v) is 16.9. The second-order valence-corrected chi connectivity index (χ2v) is 9.51. The van der Waals surface area contributed by atoms with E-state index >= 15 is 0 Å². The van der Waals surface area contributed by atoms with Gasteiger partial charge in [0, 0.05) is 0 Å². The summed E-state index contributed by atoms with van der Waals surface area (Å²) < 4.78 is 6.86. The first-order valence-corrected chi connectivity index (χ1v) is 10.5.